The number of nitrogens with one attached hydrogen (secondary N) is 2. The quantitative estimate of drug-likeness (QED) is 0.461. The number of hydrogen-bond acceptors (Lipinski definition) is 6. The van der Waals surface area contributed by atoms with Gasteiger partial charge in [0.2, 0.25) is 0 Å². The minimum atomic E-state index is -0.593. The predicted octanol–water partition coefficient (Wildman–Crippen LogP) is -0.207. The van der Waals surface area contributed by atoms with Crippen molar-refractivity contribution in [2.75, 3.05) is 39.5 Å². The van der Waals surface area contributed by atoms with Gasteiger partial charge in [0.15, 0.2) is 0 Å². The predicted molar refractivity (Wildman–Crippen MR) is 126 cm³/mol. The van der Waals surface area contributed by atoms with Gasteiger partial charge >= 0.3 is 0 Å². The Balaban J connectivity index is 1.42. The van der Waals surface area contributed by atoms with Gasteiger partial charge in [0, 0.05) is 19.6 Å². The summed E-state index contributed by atoms with van der Waals surface area (Å²) in [7, 11) is 0. The molecule has 1 aromatic heterocycles. The molecule has 1 unspecified atom stereocenters. The fourth-order valence-electron chi connectivity index (χ4n) is 3.57. The molecule has 4 rings (SSSR count). The molecule has 1 fully saturated rings. The van der Waals surface area contributed by atoms with Crippen LogP contribution in [0.4, 0.5) is 0 Å². The molecule has 3 aromatic rings. The van der Waals surface area contributed by atoms with E-state index in [1.165, 1.54) is 0 Å². The SMILES string of the molecule is O=c1[nH]c(=Cc2ccc(OCC(O)CN3CCOCC3)cc2)c(=O)[nH]c1=Cc1ccccc1. The van der Waals surface area contributed by atoms with Crippen molar-refractivity contribution in [3.8, 4) is 5.75 Å². The summed E-state index contributed by atoms with van der Waals surface area (Å²) in [5.41, 5.74) is 0.792. The molecule has 2 aromatic carbocycles. The standard InChI is InChI=1S/C25H27N3O5/c29-20(16-28-10-12-32-13-11-28)17-33-21-8-6-19(7-9-21)15-23-25(31)26-22(24(30)27-23)14-18-4-2-1-3-5-18/h1-9,14-15,20,29H,10-13,16-17H2,(H,26,31)(H,27,30). The normalized spacial score (nSPS) is 16.6. The third kappa shape index (κ3) is 6.52. The zero-order valence-corrected chi connectivity index (χ0v) is 18.2. The number of aromatic nitrogens is 2. The van der Waals surface area contributed by atoms with E-state index < -0.39 is 6.10 Å². The van der Waals surface area contributed by atoms with E-state index in [1.54, 1.807) is 36.4 Å². The first-order chi connectivity index (χ1) is 16.1. The molecule has 0 aliphatic carbocycles. The van der Waals surface area contributed by atoms with Gasteiger partial charge in [-0.05, 0) is 35.4 Å². The lowest BCUT2D eigenvalue weighted by molar-refractivity contribution is 0.00465. The summed E-state index contributed by atoms with van der Waals surface area (Å²) < 4.78 is 11.0. The summed E-state index contributed by atoms with van der Waals surface area (Å²) in [6.45, 7) is 3.74. The van der Waals surface area contributed by atoms with Crippen LogP contribution in [0.1, 0.15) is 11.1 Å². The summed E-state index contributed by atoms with van der Waals surface area (Å²) in [5, 5.41) is 10.6. The average molecular weight is 450 g/mol. The highest BCUT2D eigenvalue weighted by molar-refractivity contribution is 5.50. The van der Waals surface area contributed by atoms with Crippen molar-refractivity contribution in [2.45, 2.75) is 6.10 Å². The van der Waals surface area contributed by atoms with Gasteiger partial charge in [-0.3, -0.25) is 14.5 Å². The summed E-state index contributed by atoms with van der Waals surface area (Å²) >= 11 is 0. The second kappa shape index (κ2) is 10.9. The van der Waals surface area contributed by atoms with Crippen molar-refractivity contribution in [2.24, 2.45) is 0 Å². The van der Waals surface area contributed by atoms with Crippen LogP contribution in [0.15, 0.2) is 64.2 Å². The number of nitrogens with zero attached hydrogens (tertiary/aromatic N) is 1. The van der Waals surface area contributed by atoms with Crippen molar-refractivity contribution in [3.05, 3.63) is 97.1 Å². The summed E-state index contributed by atoms with van der Waals surface area (Å²) in [5.74, 6) is 0.614. The van der Waals surface area contributed by atoms with Crippen LogP contribution in [0, 0.1) is 0 Å². The Kier molecular flexibility index (Phi) is 7.51. The molecule has 3 N–H and O–H groups in total. The van der Waals surface area contributed by atoms with E-state index in [4.69, 9.17) is 9.47 Å². The first-order valence-corrected chi connectivity index (χ1v) is 10.9. The highest BCUT2D eigenvalue weighted by atomic mass is 16.5. The number of aromatic amines is 2. The van der Waals surface area contributed by atoms with Crippen molar-refractivity contribution in [1.82, 2.24) is 14.9 Å². The minimum absolute atomic E-state index is 0.166. The van der Waals surface area contributed by atoms with Crippen molar-refractivity contribution < 1.29 is 14.6 Å². The molecular formula is C25H27N3O5. The third-order valence-corrected chi connectivity index (χ3v) is 5.30. The minimum Gasteiger partial charge on any atom is -0.491 e. The number of β-amino-alcohol motifs (C(OH)–C–C–N with tert-alkyl or cyclic N) is 1. The van der Waals surface area contributed by atoms with Crippen LogP contribution < -0.4 is 26.6 Å². The van der Waals surface area contributed by atoms with Gasteiger partial charge in [0.1, 0.15) is 29.2 Å². The lowest BCUT2D eigenvalue weighted by Gasteiger charge is -2.28. The summed E-state index contributed by atoms with van der Waals surface area (Å²) in [6.07, 6.45) is 2.64. The monoisotopic (exact) mass is 449 g/mol. The highest BCUT2D eigenvalue weighted by Gasteiger charge is 2.15. The van der Waals surface area contributed by atoms with Crippen molar-refractivity contribution in [3.63, 3.8) is 0 Å². The molecule has 172 valence electrons. The number of morpholine rings is 1. The Hall–Kier alpha value is -3.46. The Morgan fingerprint density at radius 2 is 1.48 bits per heavy atom. The zero-order valence-electron chi connectivity index (χ0n) is 18.2. The molecule has 2 heterocycles. The van der Waals surface area contributed by atoms with Gasteiger partial charge in [-0.1, -0.05) is 42.5 Å². The zero-order chi connectivity index (χ0) is 23.0. The van der Waals surface area contributed by atoms with Crippen LogP contribution in [0.5, 0.6) is 5.75 Å². The van der Waals surface area contributed by atoms with E-state index in [2.05, 4.69) is 14.9 Å². The van der Waals surface area contributed by atoms with E-state index in [0.717, 1.165) is 24.2 Å². The number of H-pyrrole nitrogens is 2. The van der Waals surface area contributed by atoms with Crippen LogP contribution in [-0.2, 0) is 4.74 Å². The molecule has 0 bridgehead atoms. The van der Waals surface area contributed by atoms with Crippen LogP contribution >= 0.6 is 0 Å². The van der Waals surface area contributed by atoms with E-state index in [0.29, 0.717) is 25.5 Å². The van der Waals surface area contributed by atoms with Crippen molar-refractivity contribution in [1.29, 1.82) is 0 Å². The Bertz CT molecular complexity index is 1280. The molecule has 1 atom stereocenters. The van der Waals surface area contributed by atoms with Gasteiger partial charge in [0.05, 0.1) is 13.2 Å². The van der Waals surface area contributed by atoms with Crippen LogP contribution in [-0.4, -0.2) is 65.5 Å². The molecule has 1 saturated heterocycles. The first kappa shape index (κ1) is 22.7. The van der Waals surface area contributed by atoms with Crippen LogP contribution in [0.25, 0.3) is 12.2 Å². The molecule has 8 nitrogen and oxygen atoms in total. The fourth-order valence-corrected chi connectivity index (χ4v) is 3.57. The maximum atomic E-state index is 12.5. The van der Waals surface area contributed by atoms with Gasteiger partial charge in [-0.25, -0.2) is 0 Å². The van der Waals surface area contributed by atoms with Gasteiger partial charge in [-0.15, -0.1) is 0 Å². The first-order valence-electron chi connectivity index (χ1n) is 10.9. The second-order valence-corrected chi connectivity index (χ2v) is 7.88. The second-order valence-electron chi connectivity index (χ2n) is 7.88. The molecule has 1 aliphatic rings. The molecule has 33 heavy (non-hydrogen) atoms. The number of hydrogen-bond donors (Lipinski definition) is 3. The lowest BCUT2D eigenvalue weighted by Crippen LogP contribution is -2.46. The van der Waals surface area contributed by atoms with Gasteiger partial charge in [0.25, 0.3) is 11.1 Å². The number of aliphatic hydroxyl groups excluding tert-OH is 1. The molecule has 8 heteroatoms. The Morgan fingerprint density at radius 3 is 2.09 bits per heavy atom. The third-order valence-electron chi connectivity index (χ3n) is 5.30. The molecule has 1 aliphatic heterocycles. The number of ether oxygens (including phenoxy) is 2. The van der Waals surface area contributed by atoms with E-state index in [-0.39, 0.29) is 28.4 Å². The maximum absolute atomic E-state index is 12.5. The topological polar surface area (TPSA) is 108 Å². The molecular weight excluding hydrogens is 422 g/mol. The Labute approximate surface area is 190 Å². The average Bonchev–Trinajstić information content (AvgIpc) is 2.83. The van der Waals surface area contributed by atoms with Crippen LogP contribution in [0.3, 0.4) is 0 Å². The smallest absolute Gasteiger partial charge is 0.272 e. The van der Waals surface area contributed by atoms with Gasteiger partial charge < -0.3 is 24.5 Å². The largest absolute Gasteiger partial charge is 0.491 e. The Morgan fingerprint density at radius 1 is 0.909 bits per heavy atom. The lowest BCUT2D eigenvalue weighted by atomic mass is 10.2. The van der Waals surface area contributed by atoms with Crippen molar-refractivity contribution >= 4 is 12.2 Å². The number of benzene rings is 2. The number of aliphatic hydroxyl groups is 1. The van der Waals surface area contributed by atoms with E-state index >= 15 is 0 Å². The fraction of sp³-hybridized carbons (Fsp3) is 0.280. The van der Waals surface area contributed by atoms with Crippen LogP contribution in [0.2, 0.25) is 0 Å². The number of rotatable bonds is 7. The summed E-state index contributed by atoms with van der Waals surface area (Å²) in [4.78, 5) is 32.3. The van der Waals surface area contributed by atoms with E-state index in [1.807, 2.05) is 30.3 Å². The molecule has 0 radical (unpaired) electrons. The molecule has 0 amide bonds. The molecule has 0 spiro atoms. The maximum Gasteiger partial charge on any atom is 0.272 e. The summed E-state index contributed by atoms with van der Waals surface area (Å²) in [6, 6.07) is 16.4. The molecule has 0 saturated carbocycles. The van der Waals surface area contributed by atoms with Gasteiger partial charge in [-0.2, -0.15) is 0 Å². The highest BCUT2D eigenvalue weighted by Crippen LogP contribution is 2.13. The van der Waals surface area contributed by atoms with E-state index in [9.17, 15) is 14.7 Å².